The van der Waals surface area contributed by atoms with Crippen molar-refractivity contribution in [2.45, 2.75) is 81.1 Å². The lowest BCUT2D eigenvalue weighted by molar-refractivity contribution is -0.0926. The minimum Gasteiger partial charge on any atom is -0.393 e. The van der Waals surface area contributed by atoms with E-state index in [0.717, 1.165) is 43.4 Å². The predicted molar refractivity (Wildman–Crippen MR) is 154 cm³/mol. The van der Waals surface area contributed by atoms with Crippen molar-refractivity contribution in [3.05, 3.63) is 63.2 Å². The third-order valence-corrected chi connectivity index (χ3v) is 14.7. The quantitative estimate of drug-likeness (QED) is 0.425. The SMILES string of the molecule is C[C@]12CC[C@H](O)CC1=CC=C1[C@@H]2CC[C@@]2(C)[C@H]1CC[C@@]2(O)CN(CCc1cccs1)S(=O)(=O)c1cccs1. The average molecular weight is 574 g/mol. The van der Waals surface area contributed by atoms with E-state index in [1.54, 1.807) is 33.2 Å². The van der Waals surface area contributed by atoms with Crippen LogP contribution in [0.25, 0.3) is 0 Å². The van der Waals surface area contributed by atoms with Gasteiger partial charge in [0.15, 0.2) is 0 Å². The van der Waals surface area contributed by atoms with E-state index in [0.29, 0.717) is 29.5 Å². The Morgan fingerprint density at radius 2 is 1.76 bits per heavy atom. The zero-order valence-electron chi connectivity index (χ0n) is 22.3. The van der Waals surface area contributed by atoms with Gasteiger partial charge in [0, 0.05) is 23.4 Å². The first kappa shape index (κ1) is 26.9. The Labute approximate surface area is 235 Å². The Morgan fingerprint density at radius 1 is 1.00 bits per heavy atom. The molecule has 0 aliphatic heterocycles. The lowest BCUT2D eigenvalue weighted by atomic mass is 9.50. The minimum atomic E-state index is -3.71. The van der Waals surface area contributed by atoms with Gasteiger partial charge in [0.25, 0.3) is 10.0 Å². The van der Waals surface area contributed by atoms with Gasteiger partial charge in [-0.3, -0.25) is 0 Å². The van der Waals surface area contributed by atoms with Crippen molar-refractivity contribution in [2.75, 3.05) is 13.1 Å². The average Bonchev–Trinajstić information content (AvgIpc) is 3.64. The fourth-order valence-electron chi connectivity index (χ4n) is 8.16. The molecule has 0 bridgehead atoms. The predicted octanol–water partition coefficient (Wildman–Crippen LogP) is 6.02. The van der Waals surface area contributed by atoms with Gasteiger partial charge >= 0.3 is 0 Å². The fourth-order valence-corrected chi connectivity index (χ4v) is 11.5. The number of nitrogens with zero attached hydrogens (tertiary/aromatic N) is 1. The molecule has 8 heteroatoms. The zero-order valence-corrected chi connectivity index (χ0v) is 24.8. The van der Waals surface area contributed by atoms with Gasteiger partial charge in [0.2, 0.25) is 0 Å². The highest BCUT2D eigenvalue weighted by Gasteiger charge is 2.62. The summed E-state index contributed by atoms with van der Waals surface area (Å²) in [7, 11) is -3.71. The van der Waals surface area contributed by atoms with Gasteiger partial charge in [0.1, 0.15) is 4.21 Å². The summed E-state index contributed by atoms with van der Waals surface area (Å²) in [6.45, 7) is 5.09. The first-order valence-electron chi connectivity index (χ1n) is 13.9. The summed E-state index contributed by atoms with van der Waals surface area (Å²) in [4.78, 5) is 1.15. The molecule has 5 nitrogen and oxygen atoms in total. The molecule has 38 heavy (non-hydrogen) atoms. The van der Waals surface area contributed by atoms with Crippen molar-refractivity contribution < 1.29 is 18.6 Å². The van der Waals surface area contributed by atoms with Crippen LogP contribution in [-0.4, -0.2) is 47.7 Å². The van der Waals surface area contributed by atoms with Crippen LogP contribution >= 0.6 is 22.7 Å². The molecule has 6 rings (SSSR count). The molecule has 2 aromatic heterocycles. The molecule has 3 fully saturated rings. The number of aliphatic hydroxyl groups excluding tert-OH is 1. The van der Waals surface area contributed by atoms with Crippen LogP contribution in [0.1, 0.15) is 63.7 Å². The monoisotopic (exact) mass is 573 g/mol. The standard InChI is InChI=1S/C30H39NO4S3/c1-28-13-9-22(32)19-21(28)7-8-24-25(28)10-14-29(2)26(24)11-15-30(29,33)20-31(16-12-23-5-3-17-36-23)38(34,35)27-6-4-18-37-27/h3-8,17-18,22,25-26,32-33H,9-16,19-20H2,1-2H3/t22-,25-,26-,28-,29-,30+/m0/s1. The van der Waals surface area contributed by atoms with E-state index >= 15 is 0 Å². The van der Waals surface area contributed by atoms with E-state index in [1.165, 1.54) is 22.5 Å². The molecule has 6 atom stereocenters. The van der Waals surface area contributed by atoms with Gasteiger partial charge in [-0.1, -0.05) is 49.3 Å². The summed E-state index contributed by atoms with van der Waals surface area (Å²) in [5, 5.41) is 26.5. The Kier molecular flexibility index (Phi) is 6.85. The maximum Gasteiger partial charge on any atom is 0.252 e. The second-order valence-corrected chi connectivity index (χ2v) is 16.5. The van der Waals surface area contributed by atoms with Crippen molar-refractivity contribution in [3.63, 3.8) is 0 Å². The molecule has 2 N–H and O–H groups in total. The number of aliphatic hydroxyl groups is 2. The minimum absolute atomic E-state index is 0.0839. The normalized spacial score (nSPS) is 36.8. The van der Waals surface area contributed by atoms with Crippen LogP contribution in [0.3, 0.4) is 0 Å². The summed E-state index contributed by atoms with van der Waals surface area (Å²) < 4.78 is 29.5. The van der Waals surface area contributed by atoms with Crippen molar-refractivity contribution in [1.82, 2.24) is 4.31 Å². The van der Waals surface area contributed by atoms with Gasteiger partial charge in [-0.15, -0.1) is 22.7 Å². The summed E-state index contributed by atoms with van der Waals surface area (Å²) >= 11 is 2.89. The van der Waals surface area contributed by atoms with Crippen LogP contribution in [0.5, 0.6) is 0 Å². The van der Waals surface area contributed by atoms with Gasteiger partial charge in [-0.25, -0.2) is 8.42 Å². The fraction of sp³-hybridized carbons (Fsp3) is 0.600. The van der Waals surface area contributed by atoms with E-state index < -0.39 is 15.6 Å². The molecule has 0 radical (unpaired) electrons. The van der Waals surface area contributed by atoms with E-state index in [9.17, 15) is 18.6 Å². The second kappa shape index (κ2) is 9.67. The lowest BCUT2D eigenvalue weighted by Crippen LogP contribution is -2.56. The molecule has 2 heterocycles. The summed E-state index contributed by atoms with van der Waals surface area (Å²) in [6, 6.07) is 7.49. The number of hydrogen-bond donors (Lipinski definition) is 2. The number of allylic oxidation sites excluding steroid dienone is 3. The van der Waals surface area contributed by atoms with E-state index in [1.807, 2.05) is 17.5 Å². The van der Waals surface area contributed by atoms with Crippen molar-refractivity contribution in [3.8, 4) is 0 Å². The summed E-state index contributed by atoms with van der Waals surface area (Å²) in [6.07, 6.45) is 11.0. The van der Waals surface area contributed by atoms with E-state index in [2.05, 4.69) is 26.0 Å². The zero-order chi connectivity index (χ0) is 26.8. The van der Waals surface area contributed by atoms with Crippen LogP contribution in [0, 0.1) is 22.7 Å². The molecule has 0 spiro atoms. The van der Waals surface area contributed by atoms with Gasteiger partial charge in [0.05, 0.1) is 11.7 Å². The molecule has 4 aliphatic rings. The van der Waals surface area contributed by atoms with E-state index in [-0.39, 0.29) is 29.4 Å². The molecule has 0 aromatic carbocycles. The van der Waals surface area contributed by atoms with Gasteiger partial charge in [-0.05, 0) is 91.5 Å². The summed E-state index contributed by atoms with van der Waals surface area (Å²) in [5.41, 5.74) is 1.45. The second-order valence-electron chi connectivity index (χ2n) is 12.4. The molecular formula is C30H39NO4S3. The van der Waals surface area contributed by atoms with Crippen LogP contribution in [-0.2, 0) is 16.4 Å². The maximum atomic E-state index is 13.8. The highest BCUT2D eigenvalue weighted by atomic mass is 32.2. The smallest absolute Gasteiger partial charge is 0.252 e. The molecule has 0 saturated heterocycles. The highest BCUT2D eigenvalue weighted by molar-refractivity contribution is 7.91. The number of sulfonamides is 1. The Hall–Kier alpha value is -1.29. The third kappa shape index (κ3) is 4.22. The Bertz CT molecular complexity index is 1330. The largest absolute Gasteiger partial charge is 0.393 e. The first-order chi connectivity index (χ1) is 18.1. The van der Waals surface area contributed by atoms with Crippen molar-refractivity contribution in [2.24, 2.45) is 22.7 Å². The molecule has 0 amide bonds. The molecule has 4 aliphatic carbocycles. The van der Waals surface area contributed by atoms with Gasteiger partial charge in [-0.2, -0.15) is 4.31 Å². The number of rotatable bonds is 7. The lowest BCUT2D eigenvalue weighted by Gasteiger charge is -2.56. The van der Waals surface area contributed by atoms with Crippen LogP contribution in [0.15, 0.2) is 62.5 Å². The van der Waals surface area contributed by atoms with Gasteiger partial charge < -0.3 is 10.2 Å². The number of thiophene rings is 2. The van der Waals surface area contributed by atoms with E-state index in [4.69, 9.17) is 0 Å². The summed E-state index contributed by atoms with van der Waals surface area (Å²) in [5.74, 6) is 0.691. The maximum absolute atomic E-state index is 13.8. The molecule has 3 saturated carbocycles. The molecule has 206 valence electrons. The Morgan fingerprint density at radius 3 is 2.50 bits per heavy atom. The van der Waals surface area contributed by atoms with Crippen LogP contribution in [0.4, 0.5) is 0 Å². The molecular weight excluding hydrogens is 535 g/mol. The topological polar surface area (TPSA) is 77.8 Å². The van der Waals surface area contributed by atoms with Crippen LogP contribution in [0.2, 0.25) is 0 Å². The highest BCUT2D eigenvalue weighted by Crippen LogP contribution is 2.66. The molecule has 0 unspecified atom stereocenters. The number of hydrogen-bond acceptors (Lipinski definition) is 6. The Balaban J connectivity index is 1.30. The van der Waals surface area contributed by atoms with Crippen molar-refractivity contribution >= 4 is 32.7 Å². The van der Waals surface area contributed by atoms with Crippen molar-refractivity contribution in [1.29, 1.82) is 0 Å². The van der Waals surface area contributed by atoms with Crippen LogP contribution < -0.4 is 0 Å². The first-order valence-corrected chi connectivity index (χ1v) is 17.1. The number of fused-ring (bicyclic) bond motifs is 5. The molecule has 2 aromatic rings. The third-order valence-electron chi connectivity index (χ3n) is 10.6.